The van der Waals surface area contributed by atoms with E-state index in [-0.39, 0.29) is 16.7 Å². The molecule has 1 N–H and O–H groups in total. The first-order chi connectivity index (χ1) is 16.3. The number of hydrogen-bond donors (Lipinski definition) is 1. The number of hydrogen-bond acceptors (Lipinski definition) is 6. The van der Waals surface area contributed by atoms with Crippen molar-refractivity contribution in [3.05, 3.63) is 59.7 Å². The summed E-state index contributed by atoms with van der Waals surface area (Å²) in [7, 11) is -3.59. The number of nitrogens with one attached hydrogen (secondary N) is 1. The van der Waals surface area contributed by atoms with Crippen molar-refractivity contribution >= 4 is 39.3 Å². The lowest BCUT2D eigenvalue weighted by Crippen LogP contribution is -2.44. The van der Waals surface area contributed by atoms with Crippen LogP contribution in [0.1, 0.15) is 35.7 Å². The van der Waals surface area contributed by atoms with E-state index in [1.54, 1.807) is 24.3 Å². The lowest BCUT2D eigenvalue weighted by Gasteiger charge is -2.29. The first-order valence-corrected chi connectivity index (χ1v) is 13.7. The van der Waals surface area contributed by atoms with Gasteiger partial charge in [-0.15, -0.1) is 11.8 Å². The predicted molar refractivity (Wildman–Crippen MR) is 131 cm³/mol. The topological polar surface area (TPSA) is 111 Å². The lowest BCUT2D eigenvalue weighted by atomic mass is 10.0. The van der Waals surface area contributed by atoms with Gasteiger partial charge in [-0.25, -0.2) is 8.42 Å². The maximum atomic E-state index is 13.1. The molecule has 2 saturated heterocycles. The molecular weight excluding hydrogens is 472 g/mol. The van der Waals surface area contributed by atoms with Gasteiger partial charge in [0.25, 0.3) is 5.91 Å². The molecular formula is C24H26N4O4S2. The van der Waals surface area contributed by atoms with Crippen molar-refractivity contribution in [3.8, 4) is 6.07 Å². The first-order valence-electron chi connectivity index (χ1n) is 11.1. The van der Waals surface area contributed by atoms with Crippen LogP contribution in [0, 0.1) is 17.2 Å². The normalized spacial score (nSPS) is 19.5. The lowest BCUT2D eigenvalue weighted by molar-refractivity contribution is -0.119. The highest BCUT2D eigenvalue weighted by Crippen LogP contribution is 2.27. The molecule has 2 heterocycles. The molecule has 1 unspecified atom stereocenters. The summed E-state index contributed by atoms with van der Waals surface area (Å²) in [4.78, 5) is 27.6. The van der Waals surface area contributed by atoms with E-state index < -0.39 is 16.1 Å². The summed E-state index contributed by atoms with van der Waals surface area (Å²) in [6.45, 7) is 3.13. The summed E-state index contributed by atoms with van der Waals surface area (Å²) in [5, 5.41) is 11.7. The van der Waals surface area contributed by atoms with Gasteiger partial charge in [0.15, 0.2) is 0 Å². The second-order valence-electron chi connectivity index (χ2n) is 8.58. The number of carbonyl (C=O) groups is 2. The van der Waals surface area contributed by atoms with Crippen molar-refractivity contribution in [2.75, 3.05) is 30.0 Å². The Morgan fingerprint density at radius 1 is 1.06 bits per heavy atom. The number of nitrogens with zero attached hydrogens (tertiary/aromatic N) is 3. The summed E-state index contributed by atoms with van der Waals surface area (Å²) < 4.78 is 27.4. The molecule has 2 aliphatic heterocycles. The Morgan fingerprint density at radius 3 is 2.32 bits per heavy atom. The molecule has 0 radical (unpaired) electrons. The van der Waals surface area contributed by atoms with Crippen molar-refractivity contribution in [3.63, 3.8) is 0 Å². The molecule has 2 fully saturated rings. The molecule has 2 aromatic carbocycles. The van der Waals surface area contributed by atoms with Crippen LogP contribution in [0.3, 0.4) is 0 Å². The van der Waals surface area contributed by atoms with E-state index in [9.17, 15) is 18.0 Å². The van der Waals surface area contributed by atoms with Crippen LogP contribution in [0.15, 0.2) is 53.4 Å². The number of benzene rings is 2. The monoisotopic (exact) mass is 498 g/mol. The number of sulfonamides is 1. The minimum Gasteiger partial charge on any atom is -0.324 e. The van der Waals surface area contributed by atoms with Crippen LogP contribution >= 0.6 is 11.8 Å². The third-order valence-electron chi connectivity index (χ3n) is 6.21. The van der Waals surface area contributed by atoms with Crippen LogP contribution in [0.5, 0.6) is 0 Å². The van der Waals surface area contributed by atoms with E-state index in [0.29, 0.717) is 47.5 Å². The van der Waals surface area contributed by atoms with E-state index in [4.69, 9.17) is 5.26 Å². The molecule has 2 aromatic rings. The van der Waals surface area contributed by atoms with Crippen LogP contribution in [0.4, 0.5) is 5.69 Å². The van der Waals surface area contributed by atoms with Gasteiger partial charge in [0.2, 0.25) is 15.9 Å². The molecule has 0 aliphatic carbocycles. The van der Waals surface area contributed by atoms with E-state index in [1.807, 2.05) is 6.07 Å². The Kier molecular flexibility index (Phi) is 7.26. The average molecular weight is 499 g/mol. The molecule has 2 amide bonds. The number of anilines is 1. The van der Waals surface area contributed by atoms with Gasteiger partial charge in [0.1, 0.15) is 6.04 Å². The summed E-state index contributed by atoms with van der Waals surface area (Å²) in [6.07, 6.45) is 1.68. The van der Waals surface area contributed by atoms with Gasteiger partial charge in [0, 0.05) is 30.1 Å². The largest absolute Gasteiger partial charge is 0.324 e. The number of rotatable bonds is 5. The summed E-state index contributed by atoms with van der Waals surface area (Å²) in [6, 6.07) is 13.9. The highest BCUT2D eigenvalue weighted by atomic mass is 32.2. The van der Waals surface area contributed by atoms with Gasteiger partial charge < -0.3 is 10.2 Å². The van der Waals surface area contributed by atoms with Crippen LogP contribution in [-0.4, -0.2) is 60.2 Å². The van der Waals surface area contributed by atoms with Crippen LogP contribution in [0.25, 0.3) is 0 Å². The standard InChI is InChI=1S/C24H26N4O4S2/c1-17-10-12-27(13-11-17)34(31,32)21-8-4-19(5-9-21)24(30)28-16-33-15-22(28)23(29)26-20-6-2-18(14-25)3-7-20/h2-9,17,22H,10-13,15-16H2,1H3,(H,26,29). The Bertz CT molecular complexity index is 1200. The minimum atomic E-state index is -3.59. The third-order valence-corrected chi connectivity index (χ3v) is 9.13. The van der Waals surface area contributed by atoms with Crippen molar-refractivity contribution < 1.29 is 18.0 Å². The zero-order valence-electron chi connectivity index (χ0n) is 18.8. The second-order valence-corrected chi connectivity index (χ2v) is 11.5. The zero-order valence-corrected chi connectivity index (χ0v) is 20.4. The predicted octanol–water partition coefficient (Wildman–Crippen LogP) is 3.13. The van der Waals surface area contributed by atoms with Gasteiger partial charge in [-0.1, -0.05) is 6.92 Å². The fraction of sp³-hybridized carbons (Fsp3) is 0.375. The molecule has 0 spiro atoms. The fourth-order valence-corrected chi connectivity index (χ4v) is 6.65. The van der Waals surface area contributed by atoms with Crippen LogP contribution < -0.4 is 5.32 Å². The Labute approximate surface area is 204 Å². The molecule has 178 valence electrons. The maximum absolute atomic E-state index is 13.1. The fourth-order valence-electron chi connectivity index (χ4n) is 4.02. The van der Waals surface area contributed by atoms with Crippen molar-refractivity contribution in [2.24, 2.45) is 5.92 Å². The minimum absolute atomic E-state index is 0.171. The van der Waals surface area contributed by atoms with E-state index in [1.165, 1.54) is 45.2 Å². The van der Waals surface area contributed by atoms with Crippen molar-refractivity contribution in [1.29, 1.82) is 5.26 Å². The second kappa shape index (κ2) is 10.2. The average Bonchev–Trinajstić information content (AvgIpc) is 3.35. The van der Waals surface area contributed by atoms with Crippen molar-refractivity contribution in [2.45, 2.75) is 30.7 Å². The van der Waals surface area contributed by atoms with Gasteiger partial charge in [-0.2, -0.15) is 9.57 Å². The zero-order chi connectivity index (χ0) is 24.3. The highest BCUT2D eigenvalue weighted by Gasteiger charge is 2.35. The quantitative estimate of drug-likeness (QED) is 0.678. The van der Waals surface area contributed by atoms with Gasteiger partial charge in [-0.3, -0.25) is 9.59 Å². The smallest absolute Gasteiger partial charge is 0.255 e. The number of thioether (sulfide) groups is 1. The molecule has 4 rings (SSSR count). The molecule has 0 bridgehead atoms. The van der Waals surface area contributed by atoms with Crippen molar-refractivity contribution in [1.82, 2.24) is 9.21 Å². The molecule has 8 nitrogen and oxygen atoms in total. The molecule has 2 aliphatic rings. The highest BCUT2D eigenvalue weighted by molar-refractivity contribution is 7.99. The Hall–Kier alpha value is -2.87. The van der Waals surface area contributed by atoms with Gasteiger partial charge in [-0.05, 0) is 67.3 Å². The Morgan fingerprint density at radius 2 is 1.71 bits per heavy atom. The molecule has 34 heavy (non-hydrogen) atoms. The SMILES string of the molecule is CC1CCN(S(=O)(=O)c2ccc(C(=O)N3CSCC3C(=O)Nc3ccc(C#N)cc3)cc2)CC1. The number of carbonyl (C=O) groups excluding carboxylic acids is 2. The molecule has 0 aromatic heterocycles. The molecule has 0 saturated carbocycles. The number of nitriles is 1. The van der Waals surface area contributed by atoms with E-state index in [0.717, 1.165) is 12.8 Å². The summed E-state index contributed by atoms with van der Waals surface area (Å²) in [5.74, 6) is 0.735. The molecule has 10 heteroatoms. The Balaban J connectivity index is 1.44. The first kappa shape index (κ1) is 24.3. The summed E-state index contributed by atoms with van der Waals surface area (Å²) in [5.41, 5.74) is 1.38. The maximum Gasteiger partial charge on any atom is 0.255 e. The molecule has 1 atom stereocenters. The number of piperidine rings is 1. The number of amides is 2. The third kappa shape index (κ3) is 5.12. The van der Waals surface area contributed by atoms with Gasteiger partial charge in [0.05, 0.1) is 22.4 Å². The van der Waals surface area contributed by atoms with Gasteiger partial charge >= 0.3 is 0 Å². The van der Waals surface area contributed by atoms with Crippen LogP contribution in [0.2, 0.25) is 0 Å². The van der Waals surface area contributed by atoms with Crippen LogP contribution in [-0.2, 0) is 14.8 Å². The van der Waals surface area contributed by atoms with E-state index in [2.05, 4.69) is 12.2 Å². The van der Waals surface area contributed by atoms with E-state index >= 15 is 0 Å². The summed E-state index contributed by atoms with van der Waals surface area (Å²) >= 11 is 1.48.